The highest BCUT2D eigenvalue weighted by Crippen LogP contribution is 2.29. The molecule has 0 bridgehead atoms. The van der Waals surface area contributed by atoms with Crippen molar-refractivity contribution in [3.05, 3.63) is 10.1 Å². The summed E-state index contributed by atoms with van der Waals surface area (Å²) in [5, 5.41) is 19.7. The van der Waals surface area contributed by atoms with Gasteiger partial charge in [0.15, 0.2) is 0 Å². The predicted molar refractivity (Wildman–Crippen MR) is 52.1 cm³/mol. The van der Waals surface area contributed by atoms with Crippen molar-refractivity contribution in [3.63, 3.8) is 0 Å². The van der Waals surface area contributed by atoms with E-state index in [1.54, 1.807) is 0 Å². The highest BCUT2D eigenvalue weighted by Gasteiger charge is 2.22. The van der Waals surface area contributed by atoms with Crippen LogP contribution in [0.2, 0.25) is 0 Å². The topological polar surface area (TPSA) is 134 Å². The van der Waals surface area contributed by atoms with Crippen LogP contribution >= 0.6 is 0 Å². The predicted octanol–water partition coefficient (Wildman–Crippen LogP) is -0.302. The molecule has 3 N–H and O–H groups in total. The molecule has 0 saturated heterocycles. The molecule has 0 spiro atoms. The molecule has 0 atom stereocenters. The quantitative estimate of drug-likeness (QED) is 0.400. The van der Waals surface area contributed by atoms with Crippen molar-refractivity contribution in [1.29, 1.82) is 0 Å². The van der Waals surface area contributed by atoms with Gasteiger partial charge in [0.25, 0.3) is 5.88 Å². The molecular weight excluding hydrogens is 220 g/mol. The average Bonchev–Trinajstić information content (AvgIpc) is 2.16. The van der Waals surface area contributed by atoms with E-state index in [2.05, 4.69) is 9.97 Å². The molecule has 9 heteroatoms. The van der Waals surface area contributed by atoms with Crippen LogP contribution in [0.3, 0.4) is 0 Å². The Hall–Kier alpha value is -2.16. The van der Waals surface area contributed by atoms with Crippen LogP contribution in [0.5, 0.6) is 11.9 Å². The molecule has 1 rings (SSSR count). The number of nitrogens with zero attached hydrogens (tertiary/aromatic N) is 3. The van der Waals surface area contributed by atoms with Gasteiger partial charge in [0.2, 0.25) is 5.82 Å². The third-order valence-corrected chi connectivity index (χ3v) is 1.57. The molecule has 0 fully saturated rings. The maximum atomic E-state index is 10.4. The van der Waals surface area contributed by atoms with E-state index in [0.29, 0.717) is 6.61 Å². The summed E-state index contributed by atoms with van der Waals surface area (Å²) in [6.07, 6.45) is 0. The summed E-state index contributed by atoms with van der Waals surface area (Å²) in [5.41, 5.74) is 4.53. The van der Waals surface area contributed by atoms with Crippen LogP contribution in [-0.4, -0.2) is 40.3 Å². The summed E-state index contributed by atoms with van der Waals surface area (Å²) in [7, 11) is 1.48. The van der Waals surface area contributed by atoms with E-state index in [9.17, 15) is 15.2 Å². The molecule has 0 aliphatic heterocycles. The van der Waals surface area contributed by atoms with Gasteiger partial charge in [-0.25, -0.2) is 0 Å². The number of hydrogen-bond donors (Lipinski definition) is 2. The lowest BCUT2D eigenvalue weighted by atomic mass is 10.5. The number of methoxy groups -OCH3 is 1. The Balaban J connectivity index is 2.87. The zero-order chi connectivity index (χ0) is 12.1. The van der Waals surface area contributed by atoms with Gasteiger partial charge in [-0.3, -0.25) is 10.1 Å². The van der Waals surface area contributed by atoms with E-state index in [0.717, 1.165) is 0 Å². The first-order valence-electron chi connectivity index (χ1n) is 4.19. The monoisotopic (exact) mass is 230 g/mol. The Kier molecular flexibility index (Phi) is 3.78. The van der Waals surface area contributed by atoms with Gasteiger partial charge in [-0.2, -0.15) is 9.97 Å². The van der Waals surface area contributed by atoms with Crippen LogP contribution in [0, 0.1) is 10.1 Å². The largest absolute Gasteiger partial charge is 0.488 e. The van der Waals surface area contributed by atoms with Crippen LogP contribution in [0.15, 0.2) is 0 Å². The standard InChI is InChI=1S/C7H10N4O5/c1-15-2-3-16-7-9-5(8)4(11(13)14)6(12)10-7/h2-3H2,1H3,(H3,8,9,10,12). The fraction of sp³-hybridized carbons (Fsp3) is 0.429. The van der Waals surface area contributed by atoms with Gasteiger partial charge in [-0.1, -0.05) is 0 Å². The molecule has 0 radical (unpaired) electrons. The summed E-state index contributed by atoms with van der Waals surface area (Å²) < 4.78 is 9.64. The molecule has 0 saturated carbocycles. The van der Waals surface area contributed by atoms with Crippen LogP contribution in [0.1, 0.15) is 0 Å². The number of ether oxygens (including phenoxy) is 2. The lowest BCUT2D eigenvalue weighted by molar-refractivity contribution is -0.385. The van der Waals surface area contributed by atoms with Gasteiger partial charge in [-0.05, 0) is 0 Å². The summed E-state index contributed by atoms with van der Waals surface area (Å²) in [6, 6.07) is -0.238. The second kappa shape index (κ2) is 5.07. The number of rotatable bonds is 5. The van der Waals surface area contributed by atoms with Crippen LogP contribution in [0.4, 0.5) is 11.5 Å². The van der Waals surface area contributed by atoms with Crippen molar-refractivity contribution in [2.45, 2.75) is 0 Å². The number of aromatic hydroxyl groups is 1. The number of hydrogen-bond acceptors (Lipinski definition) is 8. The van der Waals surface area contributed by atoms with Crippen molar-refractivity contribution in [1.82, 2.24) is 9.97 Å². The first-order valence-corrected chi connectivity index (χ1v) is 4.19. The fourth-order valence-corrected chi connectivity index (χ4v) is 0.895. The zero-order valence-electron chi connectivity index (χ0n) is 8.41. The average molecular weight is 230 g/mol. The summed E-state index contributed by atoms with van der Waals surface area (Å²) in [4.78, 5) is 16.5. The van der Waals surface area contributed by atoms with E-state index in [4.69, 9.17) is 15.2 Å². The zero-order valence-corrected chi connectivity index (χ0v) is 8.41. The second-order valence-corrected chi connectivity index (χ2v) is 2.66. The Morgan fingerprint density at radius 3 is 2.69 bits per heavy atom. The van der Waals surface area contributed by atoms with Crippen LogP contribution in [0.25, 0.3) is 0 Å². The van der Waals surface area contributed by atoms with Crippen LogP contribution in [-0.2, 0) is 4.74 Å². The van der Waals surface area contributed by atoms with Crippen molar-refractivity contribution in [3.8, 4) is 11.9 Å². The summed E-state index contributed by atoms with van der Waals surface area (Å²) >= 11 is 0. The van der Waals surface area contributed by atoms with Crippen molar-refractivity contribution in [2.75, 3.05) is 26.1 Å². The molecule has 1 aromatic heterocycles. The molecule has 0 amide bonds. The molecule has 0 unspecified atom stereocenters. The SMILES string of the molecule is COCCOc1nc(N)c([N+](=O)[O-])c(O)n1. The molecule has 0 aromatic carbocycles. The Bertz CT molecular complexity index is 373. The first-order chi connectivity index (χ1) is 7.56. The number of aromatic nitrogens is 2. The van der Waals surface area contributed by atoms with Gasteiger partial charge >= 0.3 is 11.7 Å². The Labute approximate surface area is 90.0 Å². The fourth-order valence-electron chi connectivity index (χ4n) is 0.895. The number of nitrogen functional groups attached to an aromatic ring is 1. The molecule has 1 aromatic rings. The number of nitrogens with two attached hydrogens (primary N) is 1. The smallest absolute Gasteiger partial charge is 0.372 e. The molecule has 16 heavy (non-hydrogen) atoms. The molecule has 0 aliphatic carbocycles. The second-order valence-electron chi connectivity index (χ2n) is 2.66. The van der Waals surface area contributed by atoms with E-state index in [1.165, 1.54) is 7.11 Å². The van der Waals surface area contributed by atoms with E-state index >= 15 is 0 Å². The third kappa shape index (κ3) is 2.67. The van der Waals surface area contributed by atoms with Gasteiger partial charge < -0.3 is 20.3 Å². The number of nitro groups is 1. The first kappa shape index (κ1) is 11.9. The minimum absolute atomic E-state index is 0.146. The van der Waals surface area contributed by atoms with Gasteiger partial charge in [0, 0.05) is 7.11 Å². The van der Waals surface area contributed by atoms with Gasteiger partial charge in [0.1, 0.15) is 6.61 Å². The summed E-state index contributed by atoms with van der Waals surface area (Å²) in [5.74, 6) is -1.28. The van der Waals surface area contributed by atoms with Gasteiger partial charge in [-0.15, -0.1) is 0 Å². The molecule has 1 heterocycles. The molecular formula is C7H10N4O5. The number of anilines is 1. The Morgan fingerprint density at radius 2 is 2.19 bits per heavy atom. The lowest BCUT2D eigenvalue weighted by Gasteiger charge is -2.04. The highest BCUT2D eigenvalue weighted by atomic mass is 16.6. The van der Waals surface area contributed by atoms with Crippen molar-refractivity contribution >= 4 is 11.5 Å². The van der Waals surface area contributed by atoms with Crippen LogP contribution < -0.4 is 10.5 Å². The van der Waals surface area contributed by atoms with Crippen molar-refractivity contribution < 1.29 is 19.5 Å². The summed E-state index contributed by atoms with van der Waals surface area (Å²) in [6.45, 7) is 0.439. The van der Waals surface area contributed by atoms with E-state index in [-0.39, 0.29) is 12.6 Å². The Morgan fingerprint density at radius 1 is 1.50 bits per heavy atom. The molecule has 88 valence electrons. The lowest BCUT2D eigenvalue weighted by Crippen LogP contribution is -2.09. The maximum Gasteiger partial charge on any atom is 0.372 e. The molecule has 9 nitrogen and oxygen atoms in total. The van der Waals surface area contributed by atoms with E-state index in [1.807, 2.05) is 0 Å². The minimum atomic E-state index is -0.871. The van der Waals surface area contributed by atoms with E-state index < -0.39 is 22.3 Å². The minimum Gasteiger partial charge on any atom is -0.488 e. The third-order valence-electron chi connectivity index (χ3n) is 1.57. The highest BCUT2D eigenvalue weighted by molar-refractivity contribution is 5.58. The maximum absolute atomic E-state index is 10.4. The molecule has 0 aliphatic rings. The van der Waals surface area contributed by atoms with Gasteiger partial charge in [0.05, 0.1) is 11.5 Å². The van der Waals surface area contributed by atoms with Crippen molar-refractivity contribution in [2.24, 2.45) is 0 Å². The normalized spacial score (nSPS) is 10.1.